The van der Waals surface area contributed by atoms with E-state index in [1.54, 1.807) is 5.38 Å². The van der Waals surface area contributed by atoms with E-state index in [2.05, 4.69) is 9.72 Å². The zero-order chi connectivity index (χ0) is 8.97. The summed E-state index contributed by atoms with van der Waals surface area (Å²) >= 11 is 1.18. The molecular weight excluding hydrogens is 180 g/mol. The molecule has 5 nitrogen and oxygen atoms in total. The van der Waals surface area contributed by atoms with Gasteiger partial charge in [-0.15, -0.1) is 11.3 Å². The van der Waals surface area contributed by atoms with E-state index in [-0.39, 0.29) is 0 Å². The van der Waals surface area contributed by atoms with Crippen LogP contribution in [0.4, 0.5) is 0 Å². The smallest absolute Gasteiger partial charge is 0.418 e. The van der Waals surface area contributed by atoms with Crippen LogP contribution in [-0.2, 0) is 14.3 Å². The molecule has 1 rings (SSSR count). The van der Waals surface area contributed by atoms with Crippen LogP contribution in [0.15, 0.2) is 11.6 Å². The molecule has 1 heterocycles. The number of hydrogen-bond acceptors (Lipinski definition) is 5. The van der Waals surface area contributed by atoms with Crippen molar-refractivity contribution in [1.82, 2.24) is 4.98 Å². The SMILES string of the molecule is NC(=O)C(O[C]=O)c1nccs1. The topological polar surface area (TPSA) is 82.3 Å². The van der Waals surface area contributed by atoms with Crippen LogP contribution in [0.3, 0.4) is 0 Å². The van der Waals surface area contributed by atoms with Gasteiger partial charge in [0, 0.05) is 11.6 Å². The lowest BCUT2D eigenvalue weighted by molar-refractivity contribution is -0.125. The second kappa shape index (κ2) is 3.82. The molecule has 0 spiro atoms. The summed E-state index contributed by atoms with van der Waals surface area (Å²) < 4.78 is 4.32. The lowest BCUT2D eigenvalue weighted by atomic mass is 10.3. The molecule has 0 saturated heterocycles. The number of hydrogen-bond donors (Lipinski definition) is 1. The molecule has 2 N–H and O–H groups in total. The van der Waals surface area contributed by atoms with Crippen LogP contribution in [0.2, 0.25) is 0 Å². The lowest BCUT2D eigenvalue weighted by Gasteiger charge is -2.05. The fraction of sp³-hybridized carbons (Fsp3) is 0.167. The summed E-state index contributed by atoms with van der Waals surface area (Å²) in [7, 11) is 0. The summed E-state index contributed by atoms with van der Waals surface area (Å²) in [5.41, 5.74) is 4.94. The van der Waals surface area contributed by atoms with Crippen LogP contribution >= 0.6 is 11.3 Å². The summed E-state index contributed by atoms with van der Waals surface area (Å²) in [5.74, 6) is -0.756. The molecular formula is C6H5N2O3S. The van der Waals surface area contributed by atoms with Gasteiger partial charge in [0.1, 0.15) is 5.01 Å². The van der Waals surface area contributed by atoms with Gasteiger partial charge in [0.25, 0.3) is 5.91 Å². The van der Waals surface area contributed by atoms with E-state index in [9.17, 15) is 9.59 Å². The Morgan fingerprint density at radius 3 is 3.00 bits per heavy atom. The van der Waals surface area contributed by atoms with Crippen molar-refractivity contribution in [1.29, 1.82) is 0 Å². The highest BCUT2D eigenvalue weighted by molar-refractivity contribution is 7.09. The van der Waals surface area contributed by atoms with Gasteiger partial charge in [-0.3, -0.25) is 4.79 Å². The van der Waals surface area contributed by atoms with Crippen LogP contribution in [0, 0.1) is 0 Å². The quantitative estimate of drug-likeness (QED) is 0.701. The number of nitrogens with two attached hydrogens (primary N) is 1. The number of amides is 1. The number of primary amides is 1. The molecule has 0 fully saturated rings. The third-order valence-corrected chi connectivity index (χ3v) is 1.92. The van der Waals surface area contributed by atoms with E-state index < -0.39 is 12.0 Å². The minimum Gasteiger partial charge on any atom is -0.436 e. The monoisotopic (exact) mass is 185 g/mol. The molecule has 0 aliphatic carbocycles. The summed E-state index contributed by atoms with van der Waals surface area (Å²) in [5, 5.41) is 2.00. The third kappa shape index (κ3) is 1.79. The molecule has 1 aromatic rings. The average Bonchev–Trinajstić information content (AvgIpc) is 2.51. The number of thiazole rings is 1. The van der Waals surface area contributed by atoms with Gasteiger partial charge in [0.15, 0.2) is 0 Å². The maximum atomic E-state index is 10.7. The van der Waals surface area contributed by atoms with Gasteiger partial charge in [-0.1, -0.05) is 0 Å². The molecule has 63 valence electrons. The van der Waals surface area contributed by atoms with E-state index in [0.717, 1.165) is 6.47 Å². The van der Waals surface area contributed by atoms with Crippen molar-refractivity contribution in [2.45, 2.75) is 6.10 Å². The Morgan fingerprint density at radius 1 is 1.83 bits per heavy atom. The minimum absolute atomic E-state index is 0.353. The second-order valence-electron chi connectivity index (χ2n) is 1.85. The third-order valence-electron chi connectivity index (χ3n) is 1.10. The summed E-state index contributed by atoms with van der Waals surface area (Å²) in [6.07, 6.45) is 0.381. The predicted molar refractivity (Wildman–Crippen MR) is 40.8 cm³/mol. The Kier molecular flexibility index (Phi) is 2.76. The van der Waals surface area contributed by atoms with Crippen molar-refractivity contribution in [2.24, 2.45) is 5.73 Å². The van der Waals surface area contributed by atoms with Crippen LogP contribution in [0.25, 0.3) is 0 Å². The maximum absolute atomic E-state index is 10.7. The van der Waals surface area contributed by atoms with Crippen molar-refractivity contribution >= 4 is 23.7 Å². The van der Waals surface area contributed by atoms with Crippen molar-refractivity contribution in [3.05, 3.63) is 16.6 Å². The zero-order valence-electron chi connectivity index (χ0n) is 5.89. The average molecular weight is 185 g/mol. The normalized spacial score (nSPS) is 12.0. The highest BCUT2D eigenvalue weighted by atomic mass is 32.1. The van der Waals surface area contributed by atoms with E-state index in [4.69, 9.17) is 5.73 Å². The van der Waals surface area contributed by atoms with E-state index in [1.165, 1.54) is 17.5 Å². The number of rotatable bonds is 4. The fourth-order valence-electron chi connectivity index (χ4n) is 0.642. The Bertz CT molecular complexity index is 272. The van der Waals surface area contributed by atoms with Gasteiger partial charge in [-0.2, -0.15) is 0 Å². The van der Waals surface area contributed by atoms with Gasteiger partial charge >= 0.3 is 6.47 Å². The first kappa shape index (κ1) is 8.66. The van der Waals surface area contributed by atoms with Crippen molar-refractivity contribution in [3.8, 4) is 0 Å². The van der Waals surface area contributed by atoms with Gasteiger partial charge in [0.05, 0.1) is 0 Å². The predicted octanol–water partition coefficient (Wildman–Crippen LogP) is -0.247. The van der Waals surface area contributed by atoms with Gasteiger partial charge < -0.3 is 10.5 Å². The number of aromatic nitrogens is 1. The maximum Gasteiger partial charge on any atom is 0.418 e. The summed E-state index contributed by atoms with van der Waals surface area (Å²) in [6, 6.07) is 0. The highest BCUT2D eigenvalue weighted by Gasteiger charge is 2.21. The van der Waals surface area contributed by atoms with Crippen LogP contribution in [-0.4, -0.2) is 17.4 Å². The standard InChI is InChI=1S/C6H5N2O3S/c7-5(10)4(11-3-9)6-8-1-2-12-6/h1-2,4H,(H2,7,10). The zero-order valence-corrected chi connectivity index (χ0v) is 6.71. The first-order valence-corrected chi connectivity index (χ1v) is 3.85. The number of nitrogens with zero attached hydrogens (tertiary/aromatic N) is 1. The first-order valence-electron chi connectivity index (χ1n) is 2.97. The number of carbonyl (C=O) groups excluding carboxylic acids is 2. The van der Waals surface area contributed by atoms with Crippen LogP contribution in [0.5, 0.6) is 0 Å². The summed E-state index contributed by atoms with van der Waals surface area (Å²) in [6.45, 7) is 1.15. The van der Waals surface area contributed by atoms with E-state index in [0.29, 0.717) is 5.01 Å². The molecule has 0 bridgehead atoms. The highest BCUT2D eigenvalue weighted by Crippen LogP contribution is 2.17. The number of carbonyl (C=O) groups is 1. The fourth-order valence-corrected chi connectivity index (χ4v) is 1.31. The molecule has 0 saturated carbocycles. The van der Waals surface area contributed by atoms with E-state index >= 15 is 0 Å². The Morgan fingerprint density at radius 2 is 2.58 bits per heavy atom. The van der Waals surface area contributed by atoms with Crippen molar-refractivity contribution in [2.75, 3.05) is 0 Å². The van der Waals surface area contributed by atoms with E-state index in [1.807, 2.05) is 0 Å². The summed E-state index contributed by atoms with van der Waals surface area (Å²) in [4.78, 5) is 24.3. The van der Waals surface area contributed by atoms with Crippen molar-refractivity contribution < 1.29 is 14.3 Å². The molecule has 0 aliphatic heterocycles. The molecule has 12 heavy (non-hydrogen) atoms. The second-order valence-corrected chi connectivity index (χ2v) is 2.78. The Hall–Kier alpha value is -1.43. The molecule has 1 aromatic heterocycles. The molecule has 0 aliphatic rings. The molecule has 1 unspecified atom stereocenters. The van der Waals surface area contributed by atoms with Crippen LogP contribution < -0.4 is 5.73 Å². The lowest BCUT2D eigenvalue weighted by Crippen LogP contribution is -2.23. The van der Waals surface area contributed by atoms with Crippen molar-refractivity contribution in [3.63, 3.8) is 0 Å². The molecule has 0 aromatic carbocycles. The van der Waals surface area contributed by atoms with Gasteiger partial charge in [-0.25, -0.2) is 9.78 Å². The first-order chi connectivity index (χ1) is 5.75. The molecule has 1 atom stereocenters. The van der Waals surface area contributed by atoms with Gasteiger partial charge in [-0.05, 0) is 0 Å². The molecule has 1 radical (unpaired) electrons. The van der Waals surface area contributed by atoms with Crippen LogP contribution in [0.1, 0.15) is 11.1 Å². The number of ether oxygens (including phenoxy) is 1. The largest absolute Gasteiger partial charge is 0.436 e. The van der Waals surface area contributed by atoms with Gasteiger partial charge in [0.2, 0.25) is 6.10 Å². The Balaban J connectivity index is 2.80. The Labute approximate surface area is 72.2 Å². The minimum atomic E-state index is -1.11. The molecule has 6 heteroatoms. The molecule has 1 amide bonds.